The van der Waals surface area contributed by atoms with E-state index in [1.807, 2.05) is 6.08 Å². The van der Waals surface area contributed by atoms with Gasteiger partial charge in [0.25, 0.3) is 0 Å². The lowest BCUT2D eigenvalue weighted by Crippen LogP contribution is -2.45. The van der Waals surface area contributed by atoms with Gasteiger partial charge >= 0.3 is 5.97 Å². The molecule has 0 bridgehead atoms. The van der Waals surface area contributed by atoms with E-state index in [0.717, 1.165) is 44.9 Å². The zero-order valence-corrected chi connectivity index (χ0v) is 56.2. The second kappa shape index (κ2) is 72.6. The van der Waals surface area contributed by atoms with Crippen molar-refractivity contribution in [3.63, 3.8) is 0 Å². The molecule has 2 unspecified atom stereocenters. The van der Waals surface area contributed by atoms with Crippen molar-refractivity contribution in [2.45, 2.75) is 431 Å². The molecule has 0 rings (SSSR count). The summed E-state index contributed by atoms with van der Waals surface area (Å²) in [6, 6.07) is -0.630. The highest BCUT2D eigenvalue weighted by Crippen LogP contribution is 2.19. The average Bonchev–Trinajstić information content (AvgIpc) is 3.49. The van der Waals surface area contributed by atoms with Crippen LogP contribution in [0.15, 0.2) is 36.5 Å². The van der Waals surface area contributed by atoms with Gasteiger partial charge in [-0.15, -0.1) is 0 Å². The molecule has 0 saturated heterocycles. The van der Waals surface area contributed by atoms with Crippen LogP contribution in [0.2, 0.25) is 0 Å². The second-order valence-corrected chi connectivity index (χ2v) is 26.0. The Labute approximate surface area is 519 Å². The number of amides is 1. The van der Waals surface area contributed by atoms with Gasteiger partial charge < -0.3 is 20.3 Å². The highest BCUT2D eigenvalue weighted by molar-refractivity contribution is 5.76. The Hall–Kier alpha value is -1.92. The molecule has 0 aliphatic carbocycles. The summed E-state index contributed by atoms with van der Waals surface area (Å²) < 4.78 is 5.50. The number of aliphatic hydroxyl groups is 2. The Morgan fingerprint density at radius 2 is 0.602 bits per heavy atom. The summed E-state index contributed by atoms with van der Waals surface area (Å²) in [5, 5.41) is 23.3. The molecule has 0 aromatic rings. The lowest BCUT2D eigenvalue weighted by molar-refractivity contribution is -0.143. The maximum absolute atomic E-state index is 12.5. The van der Waals surface area contributed by atoms with E-state index in [9.17, 15) is 19.8 Å². The maximum atomic E-state index is 12.5. The summed E-state index contributed by atoms with van der Waals surface area (Å²) in [5.41, 5.74) is 0. The van der Waals surface area contributed by atoms with Gasteiger partial charge in [0, 0.05) is 12.8 Å². The number of ether oxygens (including phenoxy) is 1. The van der Waals surface area contributed by atoms with Crippen molar-refractivity contribution in [3.05, 3.63) is 36.5 Å². The van der Waals surface area contributed by atoms with Gasteiger partial charge in [0.1, 0.15) is 0 Å². The van der Waals surface area contributed by atoms with Crippen LogP contribution in [0.5, 0.6) is 0 Å². The average molecular weight is 1170 g/mol. The van der Waals surface area contributed by atoms with Gasteiger partial charge in [-0.1, -0.05) is 378 Å². The Balaban J connectivity index is 3.42. The summed E-state index contributed by atoms with van der Waals surface area (Å²) in [7, 11) is 0. The Kier molecular flexibility index (Phi) is 70.9. The predicted molar refractivity (Wildman–Crippen MR) is 366 cm³/mol. The third kappa shape index (κ3) is 69.1. The predicted octanol–water partition coefficient (Wildman–Crippen LogP) is 24.7. The quantitative estimate of drug-likeness (QED) is 0.0320. The SMILES string of the molecule is CCCCCCCCCCCCCCCCCCCCCC/C=C/C(O)C(CO)NC(=O)CCCCCCCCCCCCCCC/C=C\C/C=C\CCCCCCCCCCCOC(=O)CCCCCCCCCCCCCCCCC. The molecule has 0 saturated carbocycles. The van der Waals surface area contributed by atoms with Crippen LogP contribution >= 0.6 is 0 Å². The molecule has 0 radical (unpaired) electrons. The van der Waals surface area contributed by atoms with E-state index >= 15 is 0 Å². The molecule has 3 N–H and O–H groups in total. The fraction of sp³-hybridized carbons (Fsp3) is 0.896. The van der Waals surface area contributed by atoms with E-state index in [1.165, 1.54) is 347 Å². The van der Waals surface area contributed by atoms with Gasteiger partial charge in [0.15, 0.2) is 0 Å². The zero-order valence-electron chi connectivity index (χ0n) is 56.2. The number of nitrogens with one attached hydrogen (secondary N) is 1. The molecule has 2 atom stereocenters. The number of hydrogen-bond donors (Lipinski definition) is 3. The lowest BCUT2D eigenvalue weighted by atomic mass is 10.0. The first kappa shape index (κ1) is 81.1. The fourth-order valence-electron chi connectivity index (χ4n) is 11.9. The molecule has 0 aromatic heterocycles. The third-order valence-corrected chi connectivity index (χ3v) is 17.7. The molecular formula is C77H147NO5. The first-order valence-electron chi connectivity index (χ1n) is 37.8. The first-order chi connectivity index (χ1) is 41.0. The van der Waals surface area contributed by atoms with Gasteiger partial charge in [-0.05, 0) is 64.2 Å². The number of unbranched alkanes of at least 4 members (excludes halogenated alkanes) is 56. The van der Waals surface area contributed by atoms with Crippen LogP contribution in [0.25, 0.3) is 0 Å². The summed E-state index contributed by atoms with van der Waals surface area (Å²) in [4.78, 5) is 24.6. The molecule has 0 aliphatic heterocycles. The Bertz CT molecular complexity index is 1340. The number of aliphatic hydroxyl groups excluding tert-OH is 2. The molecule has 490 valence electrons. The lowest BCUT2D eigenvalue weighted by Gasteiger charge is -2.20. The van der Waals surface area contributed by atoms with Gasteiger partial charge in [-0.2, -0.15) is 0 Å². The van der Waals surface area contributed by atoms with Crippen molar-refractivity contribution in [3.8, 4) is 0 Å². The first-order valence-corrected chi connectivity index (χ1v) is 37.8. The number of carbonyl (C=O) groups is 2. The van der Waals surface area contributed by atoms with E-state index in [2.05, 4.69) is 43.5 Å². The molecule has 0 aliphatic rings. The van der Waals surface area contributed by atoms with E-state index in [-0.39, 0.29) is 18.5 Å². The van der Waals surface area contributed by atoms with Crippen LogP contribution < -0.4 is 5.32 Å². The number of carbonyl (C=O) groups excluding carboxylic acids is 2. The summed E-state index contributed by atoms with van der Waals surface area (Å²) in [6.45, 7) is 4.95. The third-order valence-electron chi connectivity index (χ3n) is 17.7. The smallest absolute Gasteiger partial charge is 0.305 e. The van der Waals surface area contributed by atoms with E-state index < -0.39 is 12.1 Å². The zero-order chi connectivity index (χ0) is 59.9. The van der Waals surface area contributed by atoms with Gasteiger partial charge in [-0.3, -0.25) is 9.59 Å². The van der Waals surface area contributed by atoms with Crippen molar-refractivity contribution in [1.29, 1.82) is 0 Å². The van der Waals surface area contributed by atoms with Gasteiger partial charge in [0.2, 0.25) is 5.91 Å². The molecule has 6 nitrogen and oxygen atoms in total. The van der Waals surface area contributed by atoms with Crippen LogP contribution in [0.4, 0.5) is 0 Å². The van der Waals surface area contributed by atoms with E-state index in [0.29, 0.717) is 19.4 Å². The van der Waals surface area contributed by atoms with Crippen LogP contribution in [-0.2, 0) is 14.3 Å². The van der Waals surface area contributed by atoms with Crippen LogP contribution in [0.1, 0.15) is 418 Å². The molecule has 0 aromatic carbocycles. The number of esters is 1. The van der Waals surface area contributed by atoms with E-state index in [4.69, 9.17) is 4.74 Å². The van der Waals surface area contributed by atoms with Crippen molar-refractivity contribution >= 4 is 11.9 Å². The Morgan fingerprint density at radius 3 is 0.916 bits per heavy atom. The molecule has 0 fully saturated rings. The van der Waals surface area contributed by atoms with Gasteiger partial charge in [0.05, 0.1) is 25.4 Å². The molecule has 0 spiro atoms. The number of rotatable bonds is 71. The van der Waals surface area contributed by atoms with Gasteiger partial charge in [-0.25, -0.2) is 0 Å². The van der Waals surface area contributed by atoms with E-state index in [1.54, 1.807) is 6.08 Å². The minimum atomic E-state index is -0.847. The molecular weight excluding hydrogens is 1020 g/mol. The fourth-order valence-corrected chi connectivity index (χ4v) is 11.9. The van der Waals surface area contributed by atoms with Crippen LogP contribution in [0, 0.1) is 0 Å². The highest BCUT2D eigenvalue weighted by Gasteiger charge is 2.18. The molecule has 0 heterocycles. The monoisotopic (exact) mass is 1170 g/mol. The number of hydrogen-bond acceptors (Lipinski definition) is 5. The minimum absolute atomic E-state index is 0.0153. The Morgan fingerprint density at radius 1 is 0.337 bits per heavy atom. The maximum Gasteiger partial charge on any atom is 0.305 e. The number of allylic oxidation sites excluding steroid dienone is 5. The second-order valence-electron chi connectivity index (χ2n) is 26.0. The molecule has 6 heteroatoms. The van der Waals surface area contributed by atoms with Crippen LogP contribution in [0.3, 0.4) is 0 Å². The minimum Gasteiger partial charge on any atom is -0.466 e. The summed E-state index contributed by atoms with van der Waals surface area (Å²) >= 11 is 0. The highest BCUT2D eigenvalue weighted by atomic mass is 16.5. The van der Waals surface area contributed by atoms with Crippen LogP contribution in [-0.4, -0.2) is 47.4 Å². The topological polar surface area (TPSA) is 95.9 Å². The summed E-state index contributed by atoms with van der Waals surface area (Å²) in [5.74, 6) is -0.0495. The molecule has 1 amide bonds. The van der Waals surface area contributed by atoms with Crippen molar-refractivity contribution in [1.82, 2.24) is 5.32 Å². The normalized spacial score (nSPS) is 12.7. The van der Waals surface area contributed by atoms with Crippen molar-refractivity contribution in [2.24, 2.45) is 0 Å². The van der Waals surface area contributed by atoms with Crippen molar-refractivity contribution < 1.29 is 24.5 Å². The standard InChI is InChI=1S/C77H147NO5/c1-3-5-7-9-11-13-15-17-19-20-21-22-32-35-38-42-45-49-53-57-61-65-69-75(80)74(73-79)78-76(81)70-66-62-58-54-50-46-43-39-36-33-30-28-26-24-23-25-27-29-31-34-37-40-44-48-52-56-60-64-68-72-83-77(82)71-67-63-59-55-51-47-41-18-16-14-12-10-8-6-4-2/h23,25,29,31,65,69,74-75,79-80H,3-22,24,26-28,30,32-64,66-68,70-73H2,1-2H3,(H,78,81)/b25-23-,31-29-,69-65+. The molecule has 83 heavy (non-hydrogen) atoms. The van der Waals surface area contributed by atoms with Crippen molar-refractivity contribution in [2.75, 3.05) is 13.2 Å². The largest absolute Gasteiger partial charge is 0.466 e. The summed E-state index contributed by atoms with van der Waals surface area (Å²) in [6.07, 6.45) is 93.8.